The highest BCUT2D eigenvalue weighted by Crippen LogP contribution is 2.28. The van der Waals surface area contributed by atoms with E-state index < -0.39 is 10.9 Å². The molecule has 4 aromatic rings. The van der Waals surface area contributed by atoms with Crippen LogP contribution in [0.5, 0.6) is 0 Å². The highest BCUT2D eigenvalue weighted by molar-refractivity contribution is 6.23. The number of rotatable bonds is 2. The first-order chi connectivity index (χ1) is 10.9. The smallest absolute Gasteiger partial charge is 0.261 e. The summed E-state index contributed by atoms with van der Waals surface area (Å²) < 4.78 is 1.24. The van der Waals surface area contributed by atoms with Gasteiger partial charge in [-0.1, -0.05) is 13.8 Å². The lowest BCUT2D eigenvalue weighted by molar-refractivity contribution is 0.505. The molecule has 0 spiro atoms. The minimum absolute atomic E-state index is 0.150. The van der Waals surface area contributed by atoms with Gasteiger partial charge in [0.05, 0.1) is 0 Å². The maximum atomic E-state index is 12.7. The van der Waals surface area contributed by atoms with Crippen LogP contribution in [0.25, 0.3) is 32.3 Å². The van der Waals surface area contributed by atoms with Gasteiger partial charge in [0.25, 0.3) is 11.1 Å². The lowest BCUT2D eigenvalue weighted by Crippen LogP contribution is -2.34. The summed E-state index contributed by atoms with van der Waals surface area (Å²) in [5.74, 6) is 0.150. The zero-order chi connectivity index (χ0) is 16.5. The van der Waals surface area contributed by atoms with E-state index in [0.717, 1.165) is 0 Å². The van der Waals surface area contributed by atoms with Crippen molar-refractivity contribution in [1.29, 1.82) is 0 Å². The number of aromatic nitrogens is 1. The molecular weight excluding hydrogens is 294 g/mol. The maximum absolute atomic E-state index is 12.7. The molecule has 114 valence electrons. The normalized spacial score (nSPS) is 12.3. The predicted octanol–water partition coefficient (Wildman–Crippen LogP) is 1.36. The van der Waals surface area contributed by atoms with E-state index in [9.17, 15) is 19.2 Å². The average Bonchev–Trinajstić information content (AvgIpc) is 2.77. The Hall–Kier alpha value is -2.82. The van der Waals surface area contributed by atoms with Crippen LogP contribution in [-0.2, 0) is 6.54 Å². The topological polar surface area (TPSA) is 73.2 Å². The van der Waals surface area contributed by atoms with E-state index in [2.05, 4.69) is 0 Å². The highest BCUT2D eigenvalue weighted by atomic mass is 16.2. The maximum Gasteiger partial charge on any atom is 0.261 e. The molecule has 0 N–H and O–H groups in total. The van der Waals surface area contributed by atoms with Gasteiger partial charge in [-0.15, -0.1) is 0 Å². The molecule has 5 heteroatoms. The SMILES string of the molecule is CC(C)Cn1c(=O)c2ccc3c(=O)c(=O)c4ccc(c1=O)c2c34. The summed E-state index contributed by atoms with van der Waals surface area (Å²) in [5, 5.41) is 2.20. The first-order valence-electron chi connectivity index (χ1n) is 7.46. The van der Waals surface area contributed by atoms with Crippen molar-refractivity contribution >= 4 is 32.3 Å². The van der Waals surface area contributed by atoms with E-state index in [0.29, 0.717) is 28.1 Å². The molecule has 23 heavy (non-hydrogen) atoms. The van der Waals surface area contributed by atoms with Gasteiger partial charge < -0.3 is 0 Å². The van der Waals surface area contributed by atoms with E-state index >= 15 is 0 Å². The van der Waals surface area contributed by atoms with Crippen molar-refractivity contribution < 1.29 is 0 Å². The first kappa shape index (κ1) is 13.8. The van der Waals surface area contributed by atoms with Crippen LogP contribution in [0.15, 0.2) is 43.4 Å². The van der Waals surface area contributed by atoms with E-state index in [1.54, 1.807) is 12.1 Å². The molecule has 0 saturated heterocycles. The fraction of sp³-hybridized carbons (Fsp3) is 0.222. The summed E-state index contributed by atoms with van der Waals surface area (Å²) in [5.41, 5.74) is -1.89. The number of nitrogens with zero attached hydrogens (tertiary/aromatic N) is 1. The van der Waals surface area contributed by atoms with Crippen molar-refractivity contribution in [3.05, 3.63) is 65.4 Å². The van der Waals surface area contributed by atoms with Crippen LogP contribution in [0.4, 0.5) is 0 Å². The third kappa shape index (κ3) is 1.62. The summed E-state index contributed by atoms with van der Waals surface area (Å²) in [6, 6.07) is 6.12. The molecule has 0 bridgehead atoms. The molecular formula is C18H13NO4. The van der Waals surface area contributed by atoms with Crippen molar-refractivity contribution in [3.63, 3.8) is 0 Å². The second-order valence-corrected chi connectivity index (χ2v) is 6.34. The fourth-order valence-electron chi connectivity index (χ4n) is 3.39. The van der Waals surface area contributed by atoms with E-state index in [1.165, 1.54) is 16.7 Å². The Morgan fingerprint density at radius 3 is 1.57 bits per heavy atom. The van der Waals surface area contributed by atoms with E-state index in [1.807, 2.05) is 13.8 Å². The number of pyridine rings is 1. The second-order valence-electron chi connectivity index (χ2n) is 6.34. The molecule has 0 radical (unpaired) electrons. The predicted molar refractivity (Wildman–Crippen MR) is 90.4 cm³/mol. The molecule has 1 heterocycles. The van der Waals surface area contributed by atoms with Crippen molar-refractivity contribution in [3.8, 4) is 0 Å². The van der Waals surface area contributed by atoms with Crippen molar-refractivity contribution in [2.75, 3.05) is 0 Å². The summed E-state index contributed by atoms with van der Waals surface area (Å²) in [6.45, 7) is 4.20. The molecule has 0 amide bonds. The van der Waals surface area contributed by atoms with Gasteiger partial charge in [0.2, 0.25) is 10.9 Å². The first-order valence-corrected chi connectivity index (χ1v) is 7.46. The molecule has 0 aliphatic rings. The van der Waals surface area contributed by atoms with Crippen LogP contribution in [0, 0.1) is 5.92 Å². The molecule has 0 aliphatic heterocycles. The Morgan fingerprint density at radius 1 is 0.739 bits per heavy atom. The molecule has 0 atom stereocenters. The molecule has 4 rings (SSSR count). The van der Waals surface area contributed by atoms with Gasteiger partial charge in [-0.3, -0.25) is 23.7 Å². The van der Waals surface area contributed by atoms with Crippen LogP contribution >= 0.6 is 0 Å². The summed E-state index contributed by atoms with van der Waals surface area (Å²) in [4.78, 5) is 49.5. The highest BCUT2D eigenvalue weighted by Gasteiger charge is 2.20. The van der Waals surface area contributed by atoms with Crippen molar-refractivity contribution in [2.45, 2.75) is 20.4 Å². The van der Waals surface area contributed by atoms with Gasteiger partial charge in [-0.05, 0) is 30.2 Å². The monoisotopic (exact) mass is 307 g/mol. The largest absolute Gasteiger partial charge is 0.285 e. The van der Waals surface area contributed by atoms with Gasteiger partial charge in [0.15, 0.2) is 0 Å². The molecule has 0 fully saturated rings. The Kier molecular flexibility index (Phi) is 2.61. The lowest BCUT2D eigenvalue weighted by Gasteiger charge is -2.11. The van der Waals surface area contributed by atoms with Crippen LogP contribution in [0.3, 0.4) is 0 Å². The Morgan fingerprint density at radius 2 is 1.13 bits per heavy atom. The third-order valence-corrected chi connectivity index (χ3v) is 4.36. The standard InChI is InChI=1S/C18H13NO4/c1-8(2)7-19-17(22)11-5-3-9-13-10(16(21)15(9)20)4-6-12(14(11)13)18(19)23/h3-6,8H,7H2,1-2H3. The molecule has 5 nitrogen and oxygen atoms in total. The van der Waals surface area contributed by atoms with Crippen LogP contribution in [-0.4, -0.2) is 4.57 Å². The number of benzene rings is 2. The van der Waals surface area contributed by atoms with E-state index in [4.69, 9.17) is 0 Å². The molecule has 1 aromatic heterocycles. The van der Waals surface area contributed by atoms with Crippen LogP contribution in [0.1, 0.15) is 13.8 Å². The van der Waals surface area contributed by atoms with Gasteiger partial charge in [0, 0.05) is 38.9 Å². The zero-order valence-electron chi connectivity index (χ0n) is 12.7. The summed E-state index contributed by atoms with van der Waals surface area (Å²) in [7, 11) is 0. The van der Waals surface area contributed by atoms with Gasteiger partial charge >= 0.3 is 0 Å². The van der Waals surface area contributed by atoms with Gasteiger partial charge in [0.1, 0.15) is 0 Å². The van der Waals surface area contributed by atoms with Crippen LogP contribution in [0.2, 0.25) is 0 Å². The molecule has 0 unspecified atom stereocenters. The number of hydrogen-bond acceptors (Lipinski definition) is 4. The summed E-state index contributed by atoms with van der Waals surface area (Å²) >= 11 is 0. The van der Waals surface area contributed by atoms with Crippen molar-refractivity contribution in [2.24, 2.45) is 5.92 Å². The Bertz CT molecular complexity index is 1200. The quantitative estimate of drug-likeness (QED) is 0.524. The van der Waals surface area contributed by atoms with Gasteiger partial charge in [-0.2, -0.15) is 0 Å². The third-order valence-electron chi connectivity index (χ3n) is 4.36. The Balaban J connectivity index is 2.36. The minimum Gasteiger partial charge on any atom is -0.285 e. The zero-order valence-corrected chi connectivity index (χ0v) is 12.7. The lowest BCUT2D eigenvalue weighted by atomic mass is 9.99. The molecule has 0 saturated carbocycles. The van der Waals surface area contributed by atoms with Crippen LogP contribution < -0.4 is 22.0 Å². The average molecular weight is 307 g/mol. The Labute approximate surface area is 129 Å². The van der Waals surface area contributed by atoms with Crippen molar-refractivity contribution in [1.82, 2.24) is 4.57 Å². The van der Waals surface area contributed by atoms with Gasteiger partial charge in [-0.25, -0.2) is 0 Å². The van der Waals surface area contributed by atoms with E-state index in [-0.39, 0.29) is 27.8 Å². The second kappa shape index (κ2) is 4.35. The molecule has 0 aliphatic carbocycles. The molecule has 3 aromatic carbocycles. The summed E-state index contributed by atoms with van der Waals surface area (Å²) in [6.07, 6.45) is 0. The number of hydrogen-bond donors (Lipinski definition) is 0. The minimum atomic E-state index is -0.576. The fourth-order valence-corrected chi connectivity index (χ4v) is 3.39.